The molecule has 0 bridgehead atoms. The maximum absolute atomic E-state index is 12.4. The maximum atomic E-state index is 12.4. The smallest absolute Gasteiger partial charge is 0.289 e. The molecule has 0 aliphatic heterocycles. The number of halogens is 2. The van der Waals surface area contributed by atoms with Crippen LogP contribution in [0.5, 0.6) is 0 Å². The summed E-state index contributed by atoms with van der Waals surface area (Å²) >= 11 is 9.40. The number of rotatable bonds is 3. The lowest BCUT2D eigenvalue weighted by Crippen LogP contribution is -2.42. The van der Waals surface area contributed by atoms with E-state index in [1.54, 1.807) is 40.7 Å². The molecule has 2 N–H and O–H groups in total. The highest BCUT2D eigenvalue weighted by molar-refractivity contribution is 9.10. The maximum Gasteiger partial charge on any atom is 0.289 e. The van der Waals surface area contributed by atoms with Gasteiger partial charge in [0.15, 0.2) is 11.5 Å². The summed E-state index contributed by atoms with van der Waals surface area (Å²) in [6, 6.07) is 6.76. The number of hydrogen-bond acceptors (Lipinski definition) is 4. The predicted octanol–water partition coefficient (Wildman–Crippen LogP) is 2.71. The first kappa shape index (κ1) is 19.1. The van der Waals surface area contributed by atoms with Crippen LogP contribution in [-0.4, -0.2) is 31.1 Å². The molecule has 0 unspecified atom stereocenters. The standard InChI is InChI=1S/C17H16BrClN6O2/c1-9-6-10(2)25(23-9)14-5-4-12(19)15(20-14)17(27)22-21-16(26)13-7-11(18)8-24(13)3/h4-8H,1-3H3,(H,21,26)(H,22,27). The van der Waals surface area contributed by atoms with E-state index < -0.39 is 11.8 Å². The Bertz CT molecular complexity index is 1040. The van der Waals surface area contributed by atoms with Gasteiger partial charge in [-0.05, 0) is 54.0 Å². The van der Waals surface area contributed by atoms with Gasteiger partial charge in [-0.3, -0.25) is 20.4 Å². The quantitative estimate of drug-likeness (QED) is 0.599. The zero-order valence-electron chi connectivity index (χ0n) is 14.7. The molecule has 3 heterocycles. The van der Waals surface area contributed by atoms with E-state index >= 15 is 0 Å². The molecule has 0 atom stereocenters. The molecule has 0 aliphatic carbocycles. The summed E-state index contributed by atoms with van der Waals surface area (Å²) in [4.78, 5) is 28.9. The minimum atomic E-state index is -0.634. The van der Waals surface area contributed by atoms with Crippen LogP contribution >= 0.6 is 27.5 Å². The Hall–Kier alpha value is -2.65. The number of aromatic nitrogens is 4. The number of amides is 2. The van der Waals surface area contributed by atoms with E-state index in [-0.39, 0.29) is 10.7 Å². The van der Waals surface area contributed by atoms with Crippen LogP contribution in [0.3, 0.4) is 0 Å². The van der Waals surface area contributed by atoms with Crippen molar-refractivity contribution in [1.29, 1.82) is 0 Å². The summed E-state index contributed by atoms with van der Waals surface area (Å²) in [6.45, 7) is 3.75. The summed E-state index contributed by atoms with van der Waals surface area (Å²) in [5.41, 5.74) is 6.74. The second-order valence-corrected chi connectivity index (χ2v) is 7.22. The van der Waals surface area contributed by atoms with Crippen LogP contribution in [0.4, 0.5) is 0 Å². The van der Waals surface area contributed by atoms with Crippen LogP contribution in [-0.2, 0) is 7.05 Å². The molecule has 0 fully saturated rings. The van der Waals surface area contributed by atoms with Gasteiger partial charge in [0, 0.05) is 23.4 Å². The molecule has 0 saturated carbocycles. The van der Waals surface area contributed by atoms with Crippen molar-refractivity contribution in [2.24, 2.45) is 7.05 Å². The van der Waals surface area contributed by atoms with E-state index in [0.29, 0.717) is 11.5 Å². The molecule has 2 amide bonds. The Balaban J connectivity index is 1.78. The highest BCUT2D eigenvalue weighted by Gasteiger charge is 2.17. The van der Waals surface area contributed by atoms with Crippen LogP contribution in [0.15, 0.2) is 34.9 Å². The van der Waals surface area contributed by atoms with Gasteiger partial charge in [0.25, 0.3) is 11.8 Å². The summed E-state index contributed by atoms with van der Waals surface area (Å²) in [6.07, 6.45) is 1.73. The number of hydrogen-bond donors (Lipinski definition) is 2. The highest BCUT2D eigenvalue weighted by Crippen LogP contribution is 2.18. The van der Waals surface area contributed by atoms with E-state index in [9.17, 15) is 9.59 Å². The monoisotopic (exact) mass is 450 g/mol. The van der Waals surface area contributed by atoms with Gasteiger partial charge in [-0.15, -0.1) is 0 Å². The number of hydrazine groups is 1. The van der Waals surface area contributed by atoms with Crippen molar-refractivity contribution in [3.63, 3.8) is 0 Å². The van der Waals surface area contributed by atoms with Crippen LogP contribution in [0.2, 0.25) is 5.02 Å². The summed E-state index contributed by atoms with van der Waals surface area (Å²) < 4.78 is 3.99. The third-order valence-electron chi connectivity index (χ3n) is 3.77. The first-order chi connectivity index (χ1) is 12.8. The summed E-state index contributed by atoms with van der Waals surface area (Å²) in [7, 11) is 1.72. The molecule has 0 aliphatic rings. The van der Waals surface area contributed by atoms with Crippen molar-refractivity contribution in [3.8, 4) is 5.82 Å². The molecule has 140 valence electrons. The van der Waals surface area contributed by atoms with Gasteiger partial charge in [-0.1, -0.05) is 11.6 Å². The van der Waals surface area contributed by atoms with E-state index in [1.807, 2.05) is 19.9 Å². The van der Waals surface area contributed by atoms with Gasteiger partial charge in [-0.25, -0.2) is 9.67 Å². The van der Waals surface area contributed by atoms with E-state index in [4.69, 9.17) is 11.6 Å². The first-order valence-electron chi connectivity index (χ1n) is 7.89. The Labute approximate surface area is 168 Å². The second kappa shape index (κ2) is 7.53. The number of pyridine rings is 1. The van der Waals surface area contributed by atoms with E-state index in [2.05, 4.69) is 36.9 Å². The van der Waals surface area contributed by atoms with Crippen LogP contribution < -0.4 is 10.9 Å². The third-order valence-corrected chi connectivity index (χ3v) is 4.51. The Kier molecular flexibility index (Phi) is 5.33. The lowest BCUT2D eigenvalue weighted by Gasteiger charge is -2.10. The van der Waals surface area contributed by atoms with Gasteiger partial charge in [-0.2, -0.15) is 5.10 Å². The second-order valence-electron chi connectivity index (χ2n) is 5.90. The molecule has 0 spiro atoms. The molecular formula is C17H16BrClN6O2. The molecule has 0 saturated heterocycles. The average molecular weight is 452 g/mol. The number of carbonyl (C=O) groups is 2. The van der Waals surface area contributed by atoms with Crippen LogP contribution in [0.1, 0.15) is 32.4 Å². The van der Waals surface area contributed by atoms with E-state index in [1.165, 1.54) is 0 Å². The van der Waals surface area contributed by atoms with E-state index in [0.717, 1.165) is 15.9 Å². The van der Waals surface area contributed by atoms with Crippen molar-refractivity contribution in [2.45, 2.75) is 13.8 Å². The largest absolute Gasteiger partial charge is 0.345 e. The Morgan fingerprint density at radius 1 is 1.15 bits per heavy atom. The fourth-order valence-electron chi connectivity index (χ4n) is 2.56. The molecule has 0 radical (unpaired) electrons. The van der Waals surface area contributed by atoms with Gasteiger partial charge in [0.05, 0.1) is 10.7 Å². The van der Waals surface area contributed by atoms with Gasteiger partial charge in [0.2, 0.25) is 0 Å². The molecule has 8 nitrogen and oxygen atoms in total. The number of carbonyl (C=O) groups excluding carboxylic acids is 2. The molecule has 3 rings (SSSR count). The predicted molar refractivity (Wildman–Crippen MR) is 104 cm³/mol. The van der Waals surface area contributed by atoms with Crippen LogP contribution in [0, 0.1) is 13.8 Å². The lowest BCUT2D eigenvalue weighted by molar-refractivity contribution is 0.0839. The van der Waals surface area contributed by atoms with Crippen molar-refractivity contribution in [3.05, 3.63) is 62.7 Å². The number of nitrogens with one attached hydrogen (secondary N) is 2. The molecule has 10 heteroatoms. The Morgan fingerprint density at radius 3 is 2.44 bits per heavy atom. The fraction of sp³-hybridized carbons (Fsp3) is 0.176. The number of aryl methyl sites for hydroxylation is 3. The van der Waals surface area contributed by atoms with Crippen LogP contribution in [0.25, 0.3) is 5.82 Å². The Morgan fingerprint density at radius 2 is 1.85 bits per heavy atom. The van der Waals surface area contributed by atoms with Gasteiger partial charge >= 0.3 is 0 Å². The minimum absolute atomic E-state index is 0.0184. The van der Waals surface area contributed by atoms with Crippen molar-refractivity contribution in [2.75, 3.05) is 0 Å². The van der Waals surface area contributed by atoms with Crippen molar-refractivity contribution in [1.82, 2.24) is 30.2 Å². The minimum Gasteiger partial charge on any atom is -0.345 e. The normalized spacial score (nSPS) is 10.7. The summed E-state index contributed by atoms with van der Waals surface area (Å²) in [5.74, 6) is -0.653. The zero-order valence-corrected chi connectivity index (χ0v) is 17.1. The molecule has 0 aromatic carbocycles. The van der Waals surface area contributed by atoms with Gasteiger partial charge < -0.3 is 4.57 Å². The zero-order chi connectivity index (χ0) is 19.7. The highest BCUT2D eigenvalue weighted by atomic mass is 79.9. The molecule has 3 aromatic rings. The molecule has 3 aromatic heterocycles. The van der Waals surface area contributed by atoms with Gasteiger partial charge in [0.1, 0.15) is 5.69 Å². The fourth-order valence-corrected chi connectivity index (χ4v) is 3.27. The lowest BCUT2D eigenvalue weighted by atomic mass is 10.3. The summed E-state index contributed by atoms with van der Waals surface area (Å²) in [5, 5.41) is 4.50. The SMILES string of the molecule is Cc1cc(C)n(-c2ccc(Cl)c(C(=O)NNC(=O)c3cc(Br)cn3C)n2)n1. The van der Waals surface area contributed by atoms with Crippen molar-refractivity contribution < 1.29 is 9.59 Å². The number of nitrogens with zero attached hydrogens (tertiary/aromatic N) is 4. The topological polar surface area (TPSA) is 93.8 Å². The third kappa shape index (κ3) is 4.04. The van der Waals surface area contributed by atoms with Crippen molar-refractivity contribution >= 4 is 39.3 Å². The average Bonchev–Trinajstić information content (AvgIpc) is 3.13. The first-order valence-corrected chi connectivity index (χ1v) is 9.06. The molecule has 27 heavy (non-hydrogen) atoms. The molecular weight excluding hydrogens is 436 g/mol.